The zero-order valence-corrected chi connectivity index (χ0v) is 17.3. The summed E-state index contributed by atoms with van der Waals surface area (Å²) in [6.07, 6.45) is 5.92. The fourth-order valence-corrected chi connectivity index (χ4v) is 4.96. The molecule has 160 valence electrons. The Kier molecular flexibility index (Phi) is 6.16. The fraction of sp³-hybridized carbons (Fsp3) is 0.565. The Labute approximate surface area is 176 Å². The standard InChI is InChI=1S/C23H29N3O4/c27-20-11-5-13-25(20)14-6-12-24-21(28)17-8-2-1-7-16(17)15-26-22(29)18-9-3-4-10-19(18)23(26)30/h3-4,9-10,16-17H,1-2,5-8,11-15H2,(H,24,28). The second kappa shape index (κ2) is 8.98. The first-order valence-corrected chi connectivity index (χ1v) is 11.1. The van der Waals surface area contributed by atoms with Crippen LogP contribution >= 0.6 is 0 Å². The number of carbonyl (C=O) groups is 4. The number of likely N-dealkylation sites (tertiary alicyclic amines) is 1. The number of hydrogen-bond acceptors (Lipinski definition) is 4. The number of imide groups is 1. The van der Waals surface area contributed by atoms with E-state index in [2.05, 4.69) is 5.32 Å². The van der Waals surface area contributed by atoms with Crippen molar-refractivity contribution in [2.24, 2.45) is 11.8 Å². The van der Waals surface area contributed by atoms with Crippen LogP contribution in [0.2, 0.25) is 0 Å². The maximum absolute atomic E-state index is 12.8. The van der Waals surface area contributed by atoms with E-state index in [0.29, 0.717) is 37.2 Å². The van der Waals surface area contributed by atoms with Gasteiger partial charge in [-0.2, -0.15) is 0 Å². The Morgan fingerprint density at radius 3 is 2.37 bits per heavy atom. The third-order valence-electron chi connectivity index (χ3n) is 6.62. The lowest BCUT2D eigenvalue weighted by molar-refractivity contribution is -0.128. The maximum Gasteiger partial charge on any atom is 0.261 e. The summed E-state index contributed by atoms with van der Waals surface area (Å²) in [5.41, 5.74) is 0.909. The number of fused-ring (bicyclic) bond motifs is 1. The number of benzene rings is 1. The van der Waals surface area contributed by atoms with Crippen molar-refractivity contribution in [3.8, 4) is 0 Å². The van der Waals surface area contributed by atoms with Gasteiger partial charge in [0.2, 0.25) is 11.8 Å². The van der Waals surface area contributed by atoms with Crippen LogP contribution in [0, 0.1) is 11.8 Å². The average molecular weight is 412 g/mol. The Morgan fingerprint density at radius 1 is 1.00 bits per heavy atom. The molecule has 2 fully saturated rings. The van der Waals surface area contributed by atoms with E-state index in [4.69, 9.17) is 0 Å². The van der Waals surface area contributed by atoms with Crippen molar-refractivity contribution in [1.29, 1.82) is 0 Å². The largest absolute Gasteiger partial charge is 0.356 e. The molecule has 2 atom stereocenters. The summed E-state index contributed by atoms with van der Waals surface area (Å²) in [4.78, 5) is 53.1. The van der Waals surface area contributed by atoms with Crippen LogP contribution in [0.25, 0.3) is 0 Å². The van der Waals surface area contributed by atoms with Gasteiger partial charge in [0.25, 0.3) is 11.8 Å². The molecule has 0 bridgehead atoms. The van der Waals surface area contributed by atoms with Gasteiger partial charge in [-0.1, -0.05) is 25.0 Å². The van der Waals surface area contributed by atoms with Gasteiger partial charge < -0.3 is 10.2 Å². The summed E-state index contributed by atoms with van der Waals surface area (Å²) in [5, 5.41) is 3.02. The molecule has 1 aromatic carbocycles. The molecule has 0 aromatic heterocycles. The molecule has 0 spiro atoms. The monoisotopic (exact) mass is 411 g/mol. The van der Waals surface area contributed by atoms with Gasteiger partial charge in [-0.25, -0.2) is 0 Å². The highest BCUT2D eigenvalue weighted by molar-refractivity contribution is 6.21. The maximum atomic E-state index is 12.8. The Morgan fingerprint density at radius 2 is 1.70 bits per heavy atom. The molecule has 1 N–H and O–H groups in total. The normalized spacial score (nSPS) is 23.8. The number of hydrogen-bond donors (Lipinski definition) is 1. The highest BCUT2D eigenvalue weighted by Gasteiger charge is 2.39. The van der Waals surface area contributed by atoms with Gasteiger partial charge >= 0.3 is 0 Å². The molecule has 30 heavy (non-hydrogen) atoms. The second-order valence-electron chi connectivity index (χ2n) is 8.55. The molecular weight excluding hydrogens is 382 g/mol. The van der Waals surface area contributed by atoms with Crippen molar-refractivity contribution >= 4 is 23.6 Å². The van der Waals surface area contributed by atoms with E-state index in [1.54, 1.807) is 24.3 Å². The molecule has 7 heteroatoms. The van der Waals surface area contributed by atoms with Crippen LogP contribution in [0.15, 0.2) is 24.3 Å². The molecule has 4 rings (SSSR count). The van der Waals surface area contributed by atoms with Crippen molar-refractivity contribution < 1.29 is 19.2 Å². The van der Waals surface area contributed by atoms with Gasteiger partial charge in [0.15, 0.2) is 0 Å². The number of rotatable bonds is 7. The van der Waals surface area contributed by atoms with Gasteiger partial charge in [-0.15, -0.1) is 0 Å². The quantitative estimate of drug-likeness (QED) is 0.551. The van der Waals surface area contributed by atoms with Crippen LogP contribution in [0.3, 0.4) is 0 Å². The van der Waals surface area contributed by atoms with Crippen LogP contribution in [0.1, 0.15) is 65.7 Å². The minimum Gasteiger partial charge on any atom is -0.356 e. The zero-order chi connectivity index (χ0) is 21.1. The number of nitrogens with zero attached hydrogens (tertiary/aromatic N) is 2. The summed E-state index contributed by atoms with van der Waals surface area (Å²) in [6.45, 7) is 2.34. The summed E-state index contributed by atoms with van der Waals surface area (Å²) in [6, 6.07) is 6.90. The van der Waals surface area contributed by atoms with E-state index in [1.165, 1.54) is 4.90 Å². The molecule has 7 nitrogen and oxygen atoms in total. The molecule has 2 unspecified atom stereocenters. The van der Waals surface area contributed by atoms with Crippen molar-refractivity contribution in [3.63, 3.8) is 0 Å². The lowest BCUT2D eigenvalue weighted by Gasteiger charge is -2.32. The Hall–Kier alpha value is -2.70. The molecular formula is C23H29N3O4. The van der Waals surface area contributed by atoms with Crippen LogP contribution in [-0.2, 0) is 9.59 Å². The minimum absolute atomic E-state index is 0.00376. The van der Waals surface area contributed by atoms with Crippen molar-refractivity contribution in [2.75, 3.05) is 26.2 Å². The number of nitrogens with one attached hydrogen (secondary N) is 1. The lowest BCUT2D eigenvalue weighted by atomic mass is 9.78. The first-order chi connectivity index (χ1) is 14.6. The zero-order valence-electron chi connectivity index (χ0n) is 17.3. The van der Waals surface area contributed by atoms with E-state index in [1.807, 2.05) is 4.90 Å². The summed E-state index contributed by atoms with van der Waals surface area (Å²) < 4.78 is 0. The topological polar surface area (TPSA) is 86.8 Å². The third-order valence-corrected chi connectivity index (χ3v) is 6.62. The summed E-state index contributed by atoms with van der Waals surface area (Å²) in [7, 11) is 0. The first-order valence-electron chi connectivity index (χ1n) is 11.1. The third kappa shape index (κ3) is 4.11. The van der Waals surface area contributed by atoms with Crippen molar-refractivity contribution in [1.82, 2.24) is 15.1 Å². The summed E-state index contributed by atoms with van der Waals surface area (Å²) >= 11 is 0. The SMILES string of the molecule is O=C(NCCCN1CCCC1=O)C1CCCCC1CN1C(=O)c2ccccc2C1=O. The van der Waals surface area contributed by atoms with Crippen molar-refractivity contribution in [2.45, 2.75) is 44.9 Å². The molecule has 1 aliphatic carbocycles. The number of amides is 4. The van der Waals surface area contributed by atoms with Crippen LogP contribution in [0.4, 0.5) is 0 Å². The van der Waals surface area contributed by atoms with Crippen molar-refractivity contribution in [3.05, 3.63) is 35.4 Å². The van der Waals surface area contributed by atoms with Crippen LogP contribution in [-0.4, -0.2) is 59.6 Å². The van der Waals surface area contributed by atoms with E-state index in [-0.39, 0.29) is 35.5 Å². The molecule has 4 amide bonds. The minimum atomic E-state index is -0.254. The van der Waals surface area contributed by atoms with E-state index >= 15 is 0 Å². The smallest absolute Gasteiger partial charge is 0.261 e. The van der Waals surface area contributed by atoms with Crippen LogP contribution in [0.5, 0.6) is 0 Å². The molecule has 2 heterocycles. The van der Waals surface area contributed by atoms with Gasteiger partial charge in [0.05, 0.1) is 11.1 Å². The Balaban J connectivity index is 1.32. The molecule has 2 aliphatic heterocycles. The van der Waals surface area contributed by atoms with E-state index in [9.17, 15) is 19.2 Å². The highest BCUT2D eigenvalue weighted by atomic mass is 16.2. The van der Waals surface area contributed by atoms with Gasteiger partial charge in [-0.3, -0.25) is 24.1 Å². The first kappa shape index (κ1) is 20.6. The summed E-state index contributed by atoms with van der Waals surface area (Å²) in [5.74, 6) is -0.498. The van der Waals surface area contributed by atoms with Gasteiger partial charge in [-0.05, 0) is 43.7 Å². The van der Waals surface area contributed by atoms with Gasteiger partial charge in [0.1, 0.15) is 0 Å². The predicted molar refractivity (Wildman–Crippen MR) is 111 cm³/mol. The second-order valence-corrected chi connectivity index (χ2v) is 8.55. The highest BCUT2D eigenvalue weighted by Crippen LogP contribution is 2.33. The fourth-order valence-electron chi connectivity index (χ4n) is 4.96. The average Bonchev–Trinajstić information content (AvgIpc) is 3.28. The molecule has 3 aliphatic rings. The number of carbonyl (C=O) groups excluding carboxylic acids is 4. The molecule has 1 saturated heterocycles. The van der Waals surface area contributed by atoms with Gasteiger partial charge in [0, 0.05) is 38.5 Å². The van der Waals surface area contributed by atoms with E-state index in [0.717, 1.165) is 45.1 Å². The molecule has 0 radical (unpaired) electrons. The van der Waals surface area contributed by atoms with E-state index < -0.39 is 0 Å². The Bertz CT molecular complexity index is 818. The predicted octanol–water partition coefficient (Wildman–Crippen LogP) is 2.22. The molecule has 1 aromatic rings. The van der Waals surface area contributed by atoms with Crippen LogP contribution < -0.4 is 5.32 Å². The lowest BCUT2D eigenvalue weighted by Crippen LogP contribution is -2.43. The molecule has 1 saturated carbocycles.